The molecular weight excluding hydrogens is 350 g/mol. The molecule has 0 unspecified atom stereocenters. The van der Waals surface area contributed by atoms with E-state index in [1.54, 1.807) is 12.1 Å². The second-order valence-corrected chi connectivity index (χ2v) is 4.37. The summed E-state index contributed by atoms with van der Waals surface area (Å²) in [5.74, 6) is -0.344. The van der Waals surface area contributed by atoms with Crippen LogP contribution in [0.5, 0.6) is 0 Å². The van der Waals surface area contributed by atoms with E-state index in [1.807, 2.05) is 22.6 Å². The third kappa shape index (κ3) is 2.33. The number of H-pyrrole nitrogens is 1. The molecule has 0 aliphatic rings. The smallest absolute Gasteiger partial charge is 0.266 e. The summed E-state index contributed by atoms with van der Waals surface area (Å²) in [5, 5.41) is 11.7. The molecule has 1 heterocycles. The van der Waals surface area contributed by atoms with Gasteiger partial charge in [-0.25, -0.2) is 9.37 Å². The molecular formula is C11H6FIN4O. The Labute approximate surface area is 115 Å². The van der Waals surface area contributed by atoms with Gasteiger partial charge in [-0.05, 0) is 34.7 Å². The normalized spacial score (nSPS) is 9.83. The van der Waals surface area contributed by atoms with Crippen LogP contribution in [0.2, 0.25) is 0 Å². The monoisotopic (exact) mass is 356 g/mol. The number of nitriles is 1. The van der Waals surface area contributed by atoms with Gasteiger partial charge in [-0.15, -0.1) is 0 Å². The first-order valence-corrected chi connectivity index (χ1v) is 5.90. The highest BCUT2D eigenvalue weighted by Gasteiger charge is 2.11. The van der Waals surface area contributed by atoms with E-state index in [2.05, 4.69) is 15.3 Å². The van der Waals surface area contributed by atoms with Crippen LogP contribution >= 0.6 is 22.6 Å². The molecule has 90 valence electrons. The van der Waals surface area contributed by atoms with Gasteiger partial charge in [0.15, 0.2) is 5.82 Å². The highest BCUT2D eigenvalue weighted by molar-refractivity contribution is 14.1. The highest BCUT2D eigenvalue weighted by atomic mass is 127. The fourth-order valence-electron chi connectivity index (χ4n) is 1.34. The molecule has 1 aromatic carbocycles. The highest BCUT2D eigenvalue weighted by Crippen LogP contribution is 2.22. The molecule has 0 amide bonds. The predicted molar refractivity (Wildman–Crippen MR) is 72.0 cm³/mol. The van der Waals surface area contributed by atoms with E-state index in [0.717, 1.165) is 0 Å². The zero-order valence-corrected chi connectivity index (χ0v) is 11.0. The van der Waals surface area contributed by atoms with E-state index in [9.17, 15) is 9.18 Å². The molecule has 2 rings (SSSR count). The quantitative estimate of drug-likeness (QED) is 0.808. The number of hydrogen-bond donors (Lipinski definition) is 2. The summed E-state index contributed by atoms with van der Waals surface area (Å²) in [4.78, 5) is 17.7. The van der Waals surface area contributed by atoms with Crippen molar-refractivity contribution < 1.29 is 4.39 Å². The largest absolute Gasteiger partial charge is 0.338 e. The molecule has 0 fully saturated rings. The first-order valence-electron chi connectivity index (χ1n) is 4.82. The summed E-state index contributed by atoms with van der Waals surface area (Å²) in [6.45, 7) is 0. The van der Waals surface area contributed by atoms with Gasteiger partial charge in [-0.1, -0.05) is 6.07 Å². The Bertz CT molecular complexity index is 692. The number of aromatic amines is 1. The SMILES string of the molecule is N#Cc1c(F)cccc1Nc1nc[nH]c(=O)c1I. The minimum Gasteiger partial charge on any atom is -0.338 e. The summed E-state index contributed by atoms with van der Waals surface area (Å²) in [5.41, 5.74) is -0.146. The van der Waals surface area contributed by atoms with Gasteiger partial charge in [0.25, 0.3) is 5.56 Å². The summed E-state index contributed by atoms with van der Waals surface area (Å²) in [7, 11) is 0. The summed E-state index contributed by atoms with van der Waals surface area (Å²) in [6, 6.07) is 5.97. The molecule has 0 saturated heterocycles. The maximum Gasteiger partial charge on any atom is 0.266 e. The van der Waals surface area contributed by atoms with Crippen LogP contribution in [0.25, 0.3) is 0 Å². The van der Waals surface area contributed by atoms with Crippen LogP contribution in [-0.4, -0.2) is 9.97 Å². The first-order chi connectivity index (χ1) is 8.63. The molecule has 0 saturated carbocycles. The second kappa shape index (κ2) is 5.14. The molecule has 0 spiro atoms. The number of hydrogen-bond acceptors (Lipinski definition) is 4. The second-order valence-electron chi connectivity index (χ2n) is 3.29. The van der Waals surface area contributed by atoms with Crippen molar-refractivity contribution in [1.82, 2.24) is 9.97 Å². The molecule has 18 heavy (non-hydrogen) atoms. The average molecular weight is 356 g/mol. The van der Waals surface area contributed by atoms with Gasteiger partial charge in [0.05, 0.1) is 12.0 Å². The minimum absolute atomic E-state index is 0.115. The third-order valence-electron chi connectivity index (χ3n) is 2.18. The van der Waals surface area contributed by atoms with Crippen LogP contribution in [0.1, 0.15) is 5.56 Å². The minimum atomic E-state index is -0.623. The van der Waals surface area contributed by atoms with E-state index >= 15 is 0 Å². The van der Waals surface area contributed by atoms with Crippen molar-refractivity contribution in [2.45, 2.75) is 0 Å². The maximum atomic E-state index is 13.4. The third-order valence-corrected chi connectivity index (χ3v) is 3.18. The molecule has 1 aromatic heterocycles. The number of benzene rings is 1. The number of halogens is 2. The average Bonchev–Trinajstić information content (AvgIpc) is 2.35. The molecule has 7 heteroatoms. The van der Waals surface area contributed by atoms with Crippen molar-refractivity contribution in [3.8, 4) is 6.07 Å². The van der Waals surface area contributed by atoms with Crippen molar-refractivity contribution in [3.05, 3.63) is 49.8 Å². The Kier molecular flexibility index (Phi) is 3.57. The van der Waals surface area contributed by atoms with Crippen LogP contribution in [0.15, 0.2) is 29.3 Å². The van der Waals surface area contributed by atoms with Gasteiger partial charge in [0.2, 0.25) is 0 Å². The van der Waals surface area contributed by atoms with Crippen LogP contribution in [0, 0.1) is 20.7 Å². The molecule has 0 atom stereocenters. The topological polar surface area (TPSA) is 81.6 Å². The van der Waals surface area contributed by atoms with Gasteiger partial charge in [0.1, 0.15) is 21.0 Å². The standard InChI is InChI=1S/C11H6FIN4O/c12-7-2-1-3-8(6(7)4-14)17-10-9(13)11(18)16-5-15-10/h1-3,5H,(H2,15,16,17,18). The molecule has 2 aromatic rings. The zero-order chi connectivity index (χ0) is 13.1. The van der Waals surface area contributed by atoms with E-state index in [0.29, 0.717) is 3.57 Å². The Hall–Kier alpha value is -1.95. The van der Waals surface area contributed by atoms with Crippen molar-refractivity contribution in [2.75, 3.05) is 5.32 Å². The van der Waals surface area contributed by atoms with E-state index in [1.165, 1.54) is 18.5 Å². The Balaban J connectivity index is 2.47. The summed E-state index contributed by atoms with van der Waals surface area (Å²) < 4.78 is 13.7. The lowest BCUT2D eigenvalue weighted by Gasteiger charge is -2.08. The van der Waals surface area contributed by atoms with Gasteiger partial charge < -0.3 is 10.3 Å². The maximum absolute atomic E-state index is 13.4. The number of rotatable bonds is 2. The van der Waals surface area contributed by atoms with Crippen molar-refractivity contribution in [3.63, 3.8) is 0 Å². The van der Waals surface area contributed by atoms with Gasteiger partial charge in [-0.2, -0.15) is 5.26 Å². The van der Waals surface area contributed by atoms with Crippen LogP contribution < -0.4 is 10.9 Å². The van der Waals surface area contributed by atoms with E-state index in [4.69, 9.17) is 5.26 Å². The predicted octanol–water partition coefficient (Wildman–Crippen LogP) is 2.13. The molecule has 5 nitrogen and oxygen atoms in total. The van der Waals surface area contributed by atoms with Crippen molar-refractivity contribution >= 4 is 34.1 Å². The number of nitrogens with zero attached hydrogens (tertiary/aromatic N) is 2. The lowest BCUT2D eigenvalue weighted by molar-refractivity contribution is 0.624. The van der Waals surface area contributed by atoms with E-state index in [-0.39, 0.29) is 22.6 Å². The summed E-state index contributed by atoms with van der Waals surface area (Å²) >= 11 is 1.82. The van der Waals surface area contributed by atoms with Crippen LogP contribution in [-0.2, 0) is 0 Å². The molecule has 2 N–H and O–H groups in total. The fourth-order valence-corrected chi connectivity index (χ4v) is 1.77. The number of aromatic nitrogens is 2. The summed E-state index contributed by atoms with van der Waals surface area (Å²) in [6.07, 6.45) is 1.23. The van der Waals surface area contributed by atoms with Crippen LogP contribution in [0.4, 0.5) is 15.9 Å². The van der Waals surface area contributed by atoms with Crippen molar-refractivity contribution in [2.24, 2.45) is 0 Å². The van der Waals surface area contributed by atoms with Gasteiger partial charge in [0, 0.05) is 0 Å². The number of anilines is 2. The van der Waals surface area contributed by atoms with Crippen LogP contribution in [0.3, 0.4) is 0 Å². The van der Waals surface area contributed by atoms with E-state index < -0.39 is 5.82 Å². The van der Waals surface area contributed by atoms with Gasteiger partial charge in [-0.3, -0.25) is 4.79 Å². The molecule has 0 bridgehead atoms. The molecule has 0 aliphatic carbocycles. The Morgan fingerprint density at radius 2 is 2.28 bits per heavy atom. The lowest BCUT2D eigenvalue weighted by Crippen LogP contribution is -2.13. The number of nitrogens with one attached hydrogen (secondary N) is 2. The fraction of sp³-hybridized carbons (Fsp3) is 0. The first kappa shape index (κ1) is 12.5. The van der Waals surface area contributed by atoms with Gasteiger partial charge >= 0.3 is 0 Å². The Morgan fingerprint density at radius 1 is 1.50 bits per heavy atom. The zero-order valence-electron chi connectivity index (χ0n) is 8.87. The molecule has 0 aliphatic heterocycles. The lowest BCUT2D eigenvalue weighted by atomic mass is 10.2. The van der Waals surface area contributed by atoms with Crippen molar-refractivity contribution in [1.29, 1.82) is 5.26 Å². The molecule has 0 radical (unpaired) electrons. The Morgan fingerprint density at radius 3 is 3.00 bits per heavy atom.